The predicted octanol–water partition coefficient (Wildman–Crippen LogP) is 0.0986. The normalized spacial score (nSPS) is 11.4. The van der Waals surface area contributed by atoms with Crippen molar-refractivity contribution < 1.29 is 83.8 Å². The molecule has 0 aliphatic carbocycles. The van der Waals surface area contributed by atoms with E-state index in [1.54, 1.807) is 20.8 Å². The number of carboxylic acid groups (broad SMARTS) is 1. The van der Waals surface area contributed by atoms with Crippen molar-refractivity contribution in [1.29, 1.82) is 0 Å². The minimum absolute atomic E-state index is 0. The van der Waals surface area contributed by atoms with Crippen LogP contribution in [0.5, 0.6) is 0 Å². The third kappa shape index (κ3) is 6.84. The Hall–Kier alpha value is -0.549. The Bertz CT molecular complexity index is 614. The Morgan fingerprint density at radius 3 is 2.13 bits per heavy atom. The molecule has 0 aliphatic heterocycles. The topological polar surface area (TPSA) is 75.6 Å². The van der Waals surface area contributed by atoms with Crippen molar-refractivity contribution in [1.82, 2.24) is 0 Å². The average molecular weight is 357 g/mol. The van der Waals surface area contributed by atoms with Crippen molar-refractivity contribution in [3.63, 3.8) is 0 Å². The van der Waals surface area contributed by atoms with E-state index in [0.717, 1.165) is 13.0 Å². The Morgan fingerprint density at radius 2 is 1.74 bits per heavy atom. The first-order chi connectivity index (χ1) is 9.81. The maximum absolute atomic E-state index is 13.0. The molecule has 5 nitrogen and oxygen atoms in total. The molecule has 0 saturated heterocycles. The van der Waals surface area contributed by atoms with E-state index >= 15 is 0 Å². The average Bonchev–Trinajstić information content (AvgIpc) is 2.27. The largest absolute Gasteiger partial charge is 1.00 e. The van der Waals surface area contributed by atoms with Crippen LogP contribution in [0.2, 0.25) is 0 Å². The quantitative estimate of drug-likeness (QED) is 0.753. The molecule has 1 aromatic carbocycles. The van der Waals surface area contributed by atoms with E-state index in [4.69, 9.17) is 9.84 Å². The second kappa shape index (κ2) is 8.02. The molecule has 0 aromatic heterocycles. The Balaban J connectivity index is 0.00000484. The van der Waals surface area contributed by atoms with E-state index in [0.29, 0.717) is 6.07 Å². The fourth-order valence-electron chi connectivity index (χ4n) is 1.74. The van der Waals surface area contributed by atoms with Crippen molar-refractivity contribution in [2.24, 2.45) is 0 Å². The third-order valence-electron chi connectivity index (χ3n) is 2.68. The SMILES string of the molecule is Cc1c(NC(=O)OC(C)(C)C)cc(C(=O)O)cc1[B-](F)(F)F.[K+]. The molecular weight excluding hydrogens is 341 g/mol. The van der Waals surface area contributed by atoms with Gasteiger partial charge in [-0.1, -0.05) is 11.6 Å². The van der Waals surface area contributed by atoms with Crippen LogP contribution < -0.4 is 62.2 Å². The van der Waals surface area contributed by atoms with Crippen molar-refractivity contribution in [2.45, 2.75) is 33.3 Å². The van der Waals surface area contributed by atoms with E-state index in [2.05, 4.69) is 5.32 Å². The van der Waals surface area contributed by atoms with Crippen LogP contribution in [0.25, 0.3) is 0 Å². The summed E-state index contributed by atoms with van der Waals surface area (Å²) in [5.41, 5.74) is -2.97. The molecule has 1 amide bonds. The number of anilines is 1. The van der Waals surface area contributed by atoms with Gasteiger partial charge < -0.3 is 22.8 Å². The number of hydrogen-bond donors (Lipinski definition) is 2. The third-order valence-corrected chi connectivity index (χ3v) is 2.68. The van der Waals surface area contributed by atoms with Gasteiger partial charge in [-0.3, -0.25) is 5.32 Å². The van der Waals surface area contributed by atoms with E-state index in [-0.39, 0.29) is 62.6 Å². The van der Waals surface area contributed by atoms with Crippen LogP contribution >= 0.6 is 0 Å². The molecule has 0 aliphatic rings. The zero-order chi connectivity index (χ0) is 17.3. The zero-order valence-electron chi connectivity index (χ0n) is 13.5. The molecule has 1 aromatic rings. The van der Waals surface area contributed by atoms with Crippen LogP contribution in [0.3, 0.4) is 0 Å². The summed E-state index contributed by atoms with van der Waals surface area (Å²) in [4.78, 5) is 22.6. The summed E-state index contributed by atoms with van der Waals surface area (Å²) in [6.07, 6.45) is -0.959. The second-order valence-electron chi connectivity index (χ2n) is 5.74. The van der Waals surface area contributed by atoms with Crippen LogP contribution in [-0.2, 0) is 4.74 Å². The van der Waals surface area contributed by atoms with Gasteiger partial charge in [0.25, 0.3) is 0 Å². The minimum Gasteiger partial charge on any atom is -0.478 e. The number of halogens is 3. The van der Waals surface area contributed by atoms with Crippen LogP contribution in [0.15, 0.2) is 12.1 Å². The Labute approximate surface area is 174 Å². The summed E-state index contributed by atoms with van der Waals surface area (Å²) >= 11 is 0. The van der Waals surface area contributed by atoms with Gasteiger partial charge in [0.1, 0.15) is 5.60 Å². The predicted molar refractivity (Wildman–Crippen MR) is 76.7 cm³/mol. The molecule has 10 heteroatoms. The number of ether oxygens (including phenoxy) is 1. The maximum Gasteiger partial charge on any atom is 1.00 e. The molecule has 23 heavy (non-hydrogen) atoms. The minimum atomic E-state index is -5.41. The van der Waals surface area contributed by atoms with Crippen molar-refractivity contribution >= 4 is 30.2 Å². The van der Waals surface area contributed by atoms with E-state index < -0.39 is 35.7 Å². The number of carbonyl (C=O) groups excluding carboxylic acids is 1. The van der Waals surface area contributed by atoms with Gasteiger partial charge in [-0.15, -0.1) is 5.46 Å². The fourth-order valence-corrected chi connectivity index (χ4v) is 1.74. The standard InChI is InChI=1S/C13H16BF3NO4.K/c1-7-9(14(15,16)17)5-8(11(19)20)6-10(7)18-12(21)22-13(2,3)4;/h5-6H,1-4H3,(H,18,21)(H,19,20);/q-1;+1. The van der Waals surface area contributed by atoms with Crippen molar-refractivity contribution in [2.75, 3.05) is 5.32 Å². The molecular formula is C13H16BF3KNO4. The summed E-state index contributed by atoms with van der Waals surface area (Å²) < 4.78 is 44.0. The number of carbonyl (C=O) groups is 2. The van der Waals surface area contributed by atoms with E-state index in [1.807, 2.05) is 0 Å². The molecule has 0 fully saturated rings. The maximum atomic E-state index is 13.0. The van der Waals surface area contributed by atoms with Crippen molar-refractivity contribution in [3.05, 3.63) is 23.3 Å². The second-order valence-corrected chi connectivity index (χ2v) is 5.74. The van der Waals surface area contributed by atoms with Gasteiger partial charge in [0.05, 0.1) is 5.56 Å². The number of amides is 1. The number of carboxylic acids is 1. The first-order valence-corrected chi connectivity index (χ1v) is 6.39. The summed E-state index contributed by atoms with van der Waals surface area (Å²) in [6, 6.07) is 1.52. The molecule has 0 bridgehead atoms. The molecule has 122 valence electrons. The Morgan fingerprint density at radius 1 is 1.22 bits per heavy atom. The summed E-state index contributed by atoms with van der Waals surface area (Å²) in [7, 11) is 0. The molecule has 0 heterocycles. The molecule has 0 saturated carbocycles. The monoisotopic (exact) mass is 357 g/mol. The summed E-state index contributed by atoms with van der Waals surface area (Å²) in [5, 5.41) is 11.1. The molecule has 0 radical (unpaired) electrons. The molecule has 2 N–H and O–H groups in total. The fraction of sp³-hybridized carbons (Fsp3) is 0.385. The van der Waals surface area contributed by atoms with Gasteiger partial charge in [0, 0.05) is 5.69 Å². The number of aromatic carboxylic acids is 1. The van der Waals surface area contributed by atoms with Crippen LogP contribution in [0.1, 0.15) is 36.7 Å². The number of nitrogens with one attached hydrogen (secondary N) is 1. The first kappa shape index (κ1) is 22.5. The molecule has 1 rings (SSSR count). The van der Waals surface area contributed by atoms with Crippen LogP contribution in [0.4, 0.5) is 23.4 Å². The summed E-state index contributed by atoms with van der Waals surface area (Å²) in [5.74, 6) is -1.52. The van der Waals surface area contributed by atoms with Crippen LogP contribution in [0, 0.1) is 6.92 Å². The summed E-state index contributed by atoms with van der Waals surface area (Å²) in [6.45, 7) is 0.527. The Kier molecular flexibility index (Phi) is 7.83. The van der Waals surface area contributed by atoms with E-state index in [9.17, 15) is 22.5 Å². The first-order valence-electron chi connectivity index (χ1n) is 6.39. The zero-order valence-corrected chi connectivity index (χ0v) is 16.7. The van der Waals surface area contributed by atoms with Gasteiger partial charge in [-0.2, -0.15) is 0 Å². The van der Waals surface area contributed by atoms with E-state index in [1.165, 1.54) is 0 Å². The number of benzene rings is 1. The molecule has 0 atom stereocenters. The van der Waals surface area contributed by atoms with Gasteiger partial charge in [-0.05, 0) is 33.8 Å². The van der Waals surface area contributed by atoms with Crippen LogP contribution in [-0.4, -0.2) is 29.7 Å². The van der Waals surface area contributed by atoms with Gasteiger partial charge in [0.2, 0.25) is 0 Å². The van der Waals surface area contributed by atoms with Gasteiger partial charge >= 0.3 is 70.4 Å². The molecule has 0 spiro atoms. The van der Waals surface area contributed by atoms with Gasteiger partial charge in [0.15, 0.2) is 0 Å². The number of hydrogen-bond acceptors (Lipinski definition) is 3. The number of rotatable bonds is 3. The van der Waals surface area contributed by atoms with Gasteiger partial charge in [-0.25, -0.2) is 9.59 Å². The molecule has 0 unspecified atom stereocenters. The van der Waals surface area contributed by atoms with Crippen molar-refractivity contribution in [3.8, 4) is 0 Å². The smallest absolute Gasteiger partial charge is 0.478 e.